The van der Waals surface area contributed by atoms with Crippen LogP contribution in [0.3, 0.4) is 0 Å². The number of rotatable bonds is 0. The summed E-state index contributed by atoms with van der Waals surface area (Å²) in [6.45, 7) is 27.8. The SMILES string of the molecule is CC1C2(C)CC34C1(C)C1(C)C5(C)C(C6CC7(C)C(C)C5(C)C673)C1(C)C24C. The molecule has 10 rings (SSSR count). The minimum atomic E-state index is 0.536. The van der Waals surface area contributed by atoms with Gasteiger partial charge in [-0.15, -0.1) is 0 Å². The van der Waals surface area contributed by atoms with Gasteiger partial charge in [-0.05, 0) is 90.7 Å². The lowest BCUT2D eigenvalue weighted by Crippen LogP contribution is -2.89. The van der Waals surface area contributed by atoms with Crippen molar-refractivity contribution in [2.24, 2.45) is 77.8 Å². The van der Waals surface area contributed by atoms with Gasteiger partial charge in [-0.25, -0.2) is 0 Å². The van der Waals surface area contributed by atoms with Crippen LogP contribution in [0, 0.1) is 77.8 Å². The predicted octanol–water partition coefficient (Wildman–Crippen LogP) is 6.40. The first kappa shape index (κ1) is 14.9. The largest absolute Gasteiger partial charge is 0.0614 e. The van der Waals surface area contributed by atoms with Gasteiger partial charge >= 0.3 is 0 Å². The van der Waals surface area contributed by atoms with Crippen molar-refractivity contribution in [3.05, 3.63) is 0 Å². The van der Waals surface area contributed by atoms with E-state index < -0.39 is 0 Å². The Morgan fingerprint density at radius 3 is 1.81 bits per heavy atom. The minimum Gasteiger partial charge on any atom is -0.0614 e. The Labute approximate surface area is 160 Å². The van der Waals surface area contributed by atoms with Gasteiger partial charge in [0.2, 0.25) is 0 Å². The summed E-state index contributed by atoms with van der Waals surface area (Å²) in [4.78, 5) is 0. The van der Waals surface area contributed by atoms with Crippen LogP contribution >= 0.6 is 0 Å². The summed E-state index contributed by atoms with van der Waals surface area (Å²) in [5, 5.41) is 0. The summed E-state index contributed by atoms with van der Waals surface area (Å²) in [6, 6.07) is 0. The molecule has 0 aromatic heterocycles. The van der Waals surface area contributed by atoms with Crippen LogP contribution < -0.4 is 0 Å². The molecule has 0 aliphatic heterocycles. The summed E-state index contributed by atoms with van der Waals surface area (Å²) < 4.78 is 0. The van der Waals surface area contributed by atoms with Gasteiger partial charge in [-0.1, -0.05) is 69.2 Å². The molecule has 26 heavy (non-hydrogen) atoms. The Balaban J connectivity index is 1.64. The first-order valence-corrected chi connectivity index (χ1v) is 11.7. The third-order valence-corrected chi connectivity index (χ3v) is 17.6. The average molecular weight is 351 g/mol. The molecule has 9 bridgehead atoms. The second kappa shape index (κ2) is 2.63. The lowest BCUT2D eigenvalue weighted by Gasteiger charge is -2.93. The van der Waals surface area contributed by atoms with Crippen molar-refractivity contribution in [2.45, 2.75) is 82.1 Å². The van der Waals surface area contributed by atoms with Crippen molar-refractivity contribution in [3.63, 3.8) is 0 Å². The molecule has 14 atom stereocenters. The maximum absolute atomic E-state index is 2.84. The number of hydrogen-bond acceptors (Lipinski definition) is 0. The topological polar surface area (TPSA) is 0 Å². The van der Waals surface area contributed by atoms with Crippen LogP contribution in [-0.4, -0.2) is 0 Å². The molecule has 0 aromatic carbocycles. The Kier molecular flexibility index (Phi) is 1.51. The van der Waals surface area contributed by atoms with Crippen LogP contribution in [0.4, 0.5) is 0 Å². The fraction of sp³-hybridized carbons (Fsp3) is 1.00. The van der Waals surface area contributed by atoms with E-state index in [1.165, 1.54) is 0 Å². The summed E-state index contributed by atoms with van der Waals surface area (Å²) in [5.74, 6) is 3.89. The molecule has 0 nitrogen and oxygen atoms in total. The molecule has 0 N–H and O–H groups in total. The molecule has 0 aromatic rings. The molecule has 0 heterocycles. The molecular weight excluding hydrogens is 312 g/mol. The second-order valence-corrected chi connectivity index (χ2v) is 14.5. The zero-order valence-electron chi connectivity index (χ0n) is 18.7. The predicted molar refractivity (Wildman–Crippen MR) is 104 cm³/mol. The first-order chi connectivity index (χ1) is 11.7. The first-order valence-electron chi connectivity index (χ1n) is 11.7. The highest BCUT2D eigenvalue weighted by atomic mass is 15.2. The Hall–Kier alpha value is 0. The Morgan fingerprint density at radius 1 is 0.615 bits per heavy atom. The summed E-state index contributed by atoms with van der Waals surface area (Å²) in [7, 11) is 0. The molecule has 0 amide bonds. The van der Waals surface area contributed by atoms with Crippen molar-refractivity contribution >= 4 is 0 Å². The third-order valence-electron chi connectivity index (χ3n) is 17.6. The lowest BCUT2D eigenvalue weighted by molar-refractivity contribution is -0.464. The van der Waals surface area contributed by atoms with Gasteiger partial charge in [0, 0.05) is 0 Å². The van der Waals surface area contributed by atoms with Crippen LogP contribution in [0.15, 0.2) is 0 Å². The van der Waals surface area contributed by atoms with E-state index in [-0.39, 0.29) is 0 Å². The van der Waals surface area contributed by atoms with Crippen molar-refractivity contribution < 1.29 is 0 Å². The van der Waals surface area contributed by atoms with E-state index in [1.807, 2.05) is 0 Å². The maximum Gasteiger partial charge on any atom is -0.00793 e. The highest BCUT2D eigenvalue weighted by molar-refractivity contribution is 5.66. The van der Waals surface area contributed by atoms with Gasteiger partial charge in [0.25, 0.3) is 0 Å². The molecule has 14 unspecified atom stereocenters. The van der Waals surface area contributed by atoms with Crippen molar-refractivity contribution in [2.75, 3.05) is 0 Å². The van der Waals surface area contributed by atoms with Gasteiger partial charge in [0.1, 0.15) is 0 Å². The molecule has 142 valence electrons. The molecule has 0 saturated heterocycles. The van der Waals surface area contributed by atoms with Crippen LogP contribution in [0.1, 0.15) is 82.1 Å². The second-order valence-electron chi connectivity index (χ2n) is 14.5. The van der Waals surface area contributed by atoms with Crippen molar-refractivity contribution in [3.8, 4) is 0 Å². The monoisotopic (exact) mass is 350 g/mol. The van der Waals surface area contributed by atoms with Gasteiger partial charge in [-0.3, -0.25) is 0 Å². The number of hydrogen-bond donors (Lipinski definition) is 0. The molecule has 10 aliphatic rings. The van der Waals surface area contributed by atoms with Crippen molar-refractivity contribution in [1.82, 2.24) is 0 Å². The van der Waals surface area contributed by atoms with E-state index in [4.69, 9.17) is 0 Å². The van der Waals surface area contributed by atoms with Crippen LogP contribution in [0.25, 0.3) is 0 Å². The van der Waals surface area contributed by atoms with Gasteiger partial charge in [-0.2, -0.15) is 0 Å². The van der Waals surface area contributed by atoms with Gasteiger partial charge in [0.15, 0.2) is 0 Å². The van der Waals surface area contributed by atoms with Crippen LogP contribution in [0.2, 0.25) is 0 Å². The Bertz CT molecular complexity index is 917. The van der Waals surface area contributed by atoms with E-state index in [0.717, 1.165) is 23.7 Å². The smallest absolute Gasteiger partial charge is 0.00793 e. The van der Waals surface area contributed by atoms with Gasteiger partial charge < -0.3 is 0 Å². The van der Waals surface area contributed by atoms with E-state index >= 15 is 0 Å². The van der Waals surface area contributed by atoms with E-state index in [1.54, 1.807) is 12.8 Å². The lowest BCUT2D eigenvalue weighted by atomic mass is 9.11. The average Bonchev–Trinajstić information content (AvgIpc) is 2.85. The van der Waals surface area contributed by atoms with Crippen LogP contribution in [0.5, 0.6) is 0 Å². The minimum absolute atomic E-state index is 0.536. The van der Waals surface area contributed by atoms with Gasteiger partial charge in [0.05, 0.1) is 0 Å². The molecule has 10 fully saturated rings. The van der Waals surface area contributed by atoms with Crippen LogP contribution in [-0.2, 0) is 0 Å². The maximum atomic E-state index is 2.84. The molecule has 0 heteroatoms. The zero-order chi connectivity index (χ0) is 18.7. The fourth-order valence-corrected chi connectivity index (χ4v) is 17.6. The fourth-order valence-electron chi connectivity index (χ4n) is 17.6. The summed E-state index contributed by atoms with van der Waals surface area (Å²) >= 11 is 0. The highest BCUT2D eigenvalue weighted by Crippen LogP contribution is 3.23. The molecule has 10 aliphatic carbocycles. The van der Waals surface area contributed by atoms with Crippen molar-refractivity contribution in [1.29, 1.82) is 0 Å². The summed E-state index contributed by atoms with van der Waals surface area (Å²) in [6.07, 6.45) is 3.13. The quantitative estimate of drug-likeness (QED) is 0.474. The standard InChI is InChI=1S/C26H38/c1-13-17(3)11-15-16-21(7)19(13,5)26(15,17)25-12-18(4)14(2)20(25,6)24(21,10)22(16,8)23(18,25)9/h13-16H,11-12H2,1-10H3. The van der Waals surface area contributed by atoms with E-state index in [2.05, 4.69) is 69.2 Å². The molecular formula is C26H38. The van der Waals surface area contributed by atoms with E-state index in [9.17, 15) is 0 Å². The Morgan fingerprint density at radius 2 is 1.19 bits per heavy atom. The molecule has 2 spiro atoms. The third kappa shape index (κ3) is 0.522. The normalized spacial score (nSPS) is 93.5. The molecule has 0 radical (unpaired) electrons. The summed E-state index contributed by atoms with van der Waals surface area (Å²) in [5.41, 5.74) is 5.97. The van der Waals surface area contributed by atoms with E-state index in [0.29, 0.717) is 54.1 Å². The highest BCUT2D eigenvalue weighted by Gasteiger charge is 3.20. The molecule has 10 saturated carbocycles. The zero-order valence-corrected chi connectivity index (χ0v) is 18.7.